The van der Waals surface area contributed by atoms with Crippen molar-refractivity contribution in [2.24, 2.45) is 0 Å². The van der Waals surface area contributed by atoms with Crippen molar-refractivity contribution in [1.29, 1.82) is 0 Å². The van der Waals surface area contributed by atoms with Crippen molar-refractivity contribution in [3.05, 3.63) is 38.9 Å². The minimum Gasteiger partial charge on any atom is -0.386 e. The molecule has 2 N–H and O–H groups in total. The van der Waals surface area contributed by atoms with Gasteiger partial charge in [0.25, 0.3) is 11.6 Å². The molecule has 110 valence electrons. The third-order valence-corrected chi connectivity index (χ3v) is 2.82. The van der Waals surface area contributed by atoms with E-state index in [0.29, 0.717) is 0 Å². The van der Waals surface area contributed by atoms with Gasteiger partial charge in [-0.3, -0.25) is 14.9 Å². The Morgan fingerprint density at radius 2 is 2.25 bits per heavy atom. The third kappa shape index (κ3) is 4.44. The molecule has 0 bridgehead atoms. The molecule has 0 saturated heterocycles. The lowest BCUT2D eigenvalue weighted by Crippen LogP contribution is -2.43. The van der Waals surface area contributed by atoms with Crippen LogP contribution in [0.5, 0.6) is 0 Å². The highest BCUT2D eigenvalue weighted by molar-refractivity contribution is 6.33. The Morgan fingerprint density at radius 1 is 1.60 bits per heavy atom. The molecular weight excluding hydrogens is 288 g/mol. The van der Waals surface area contributed by atoms with Crippen LogP contribution in [0.3, 0.4) is 0 Å². The number of amides is 1. The van der Waals surface area contributed by atoms with Gasteiger partial charge < -0.3 is 15.2 Å². The Hall–Kier alpha value is -1.70. The number of halogens is 1. The largest absolute Gasteiger partial charge is 0.386 e. The number of nitro groups is 1. The maximum atomic E-state index is 11.9. The zero-order valence-electron chi connectivity index (χ0n) is 11.1. The van der Waals surface area contributed by atoms with Gasteiger partial charge in [-0.05, 0) is 13.0 Å². The Kier molecular flexibility index (Phi) is 5.43. The van der Waals surface area contributed by atoms with Gasteiger partial charge in [0.15, 0.2) is 0 Å². The number of nitrogens with zero attached hydrogens (tertiary/aromatic N) is 1. The number of nitrogens with one attached hydrogen (secondary N) is 1. The first-order valence-corrected chi connectivity index (χ1v) is 6.08. The number of nitro benzene ring substituents is 1. The molecule has 1 amide bonds. The van der Waals surface area contributed by atoms with Crippen molar-refractivity contribution < 1.29 is 19.6 Å². The first kappa shape index (κ1) is 16.4. The van der Waals surface area contributed by atoms with Crippen LogP contribution in [0.2, 0.25) is 5.02 Å². The van der Waals surface area contributed by atoms with Crippen LogP contribution in [-0.4, -0.2) is 41.8 Å². The third-order valence-electron chi connectivity index (χ3n) is 2.49. The summed E-state index contributed by atoms with van der Waals surface area (Å²) in [6.45, 7) is 1.46. The van der Waals surface area contributed by atoms with Crippen LogP contribution in [0.1, 0.15) is 17.3 Å². The molecule has 1 aromatic carbocycles. The van der Waals surface area contributed by atoms with Gasteiger partial charge in [-0.25, -0.2) is 0 Å². The van der Waals surface area contributed by atoms with E-state index in [-0.39, 0.29) is 29.4 Å². The fourth-order valence-electron chi connectivity index (χ4n) is 1.53. The van der Waals surface area contributed by atoms with Crippen molar-refractivity contribution in [2.75, 3.05) is 20.3 Å². The van der Waals surface area contributed by atoms with Crippen LogP contribution in [0.15, 0.2) is 18.2 Å². The Labute approximate surface area is 120 Å². The molecule has 7 nitrogen and oxygen atoms in total. The second-order valence-corrected chi connectivity index (χ2v) is 4.94. The van der Waals surface area contributed by atoms with Gasteiger partial charge in [-0.15, -0.1) is 0 Å². The minimum atomic E-state index is -1.24. The first-order chi connectivity index (χ1) is 9.26. The van der Waals surface area contributed by atoms with Crippen molar-refractivity contribution in [2.45, 2.75) is 12.5 Å². The van der Waals surface area contributed by atoms with Crippen molar-refractivity contribution in [3.8, 4) is 0 Å². The predicted molar refractivity (Wildman–Crippen MR) is 72.9 cm³/mol. The van der Waals surface area contributed by atoms with E-state index >= 15 is 0 Å². The van der Waals surface area contributed by atoms with Gasteiger partial charge in [0, 0.05) is 25.8 Å². The van der Waals surface area contributed by atoms with E-state index < -0.39 is 16.4 Å². The molecule has 0 aromatic heterocycles. The van der Waals surface area contributed by atoms with Gasteiger partial charge in [0.1, 0.15) is 5.60 Å². The van der Waals surface area contributed by atoms with Crippen LogP contribution in [0, 0.1) is 10.1 Å². The van der Waals surface area contributed by atoms with E-state index in [2.05, 4.69) is 5.32 Å². The van der Waals surface area contributed by atoms with Gasteiger partial charge >= 0.3 is 0 Å². The highest BCUT2D eigenvalue weighted by Gasteiger charge is 2.23. The van der Waals surface area contributed by atoms with E-state index in [1.165, 1.54) is 26.2 Å². The number of hydrogen-bond donors (Lipinski definition) is 2. The summed E-state index contributed by atoms with van der Waals surface area (Å²) in [6.07, 6.45) is 0. The van der Waals surface area contributed by atoms with Crippen LogP contribution in [-0.2, 0) is 4.74 Å². The van der Waals surface area contributed by atoms with Gasteiger partial charge in [-0.1, -0.05) is 11.6 Å². The maximum absolute atomic E-state index is 11.9. The number of ether oxygens (including phenoxy) is 1. The number of non-ortho nitro benzene ring substituents is 1. The summed E-state index contributed by atoms with van der Waals surface area (Å²) < 4.78 is 4.80. The number of benzene rings is 1. The van der Waals surface area contributed by atoms with E-state index in [0.717, 1.165) is 6.07 Å². The average Bonchev–Trinajstić information content (AvgIpc) is 2.36. The maximum Gasteiger partial charge on any atom is 0.270 e. The summed E-state index contributed by atoms with van der Waals surface area (Å²) >= 11 is 5.84. The lowest BCUT2D eigenvalue weighted by Gasteiger charge is -2.22. The van der Waals surface area contributed by atoms with Crippen LogP contribution >= 0.6 is 11.6 Å². The first-order valence-electron chi connectivity index (χ1n) is 5.70. The molecule has 1 rings (SSSR count). The molecule has 0 aliphatic carbocycles. The molecule has 0 spiro atoms. The molecule has 0 radical (unpaired) electrons. The highest BCUT2D eigenvalue weighted by atomic mass is 35.5. The minimum absolute atomic E-state index is 0.0194. The molecular formula is C12H15ClN2O5. The number of rotatable bonds is 6. The lowest BCUT2D eigenvalue weighted by molar-refractivity contribution is -0.384. The molecule has 1 unspecified atom stereocenters. The van der Waals surface area contributed by atoms with Crippen LogP contribution < -0.4 is 5.32 Å². The Bertz CT molecular complexity index is 519. The van der Waals surface area contributed by atoms with Gasteiger partial charge in [0.2, 0.25) is 0 Å². The molecule has 0 aliphatic heterocycles. The molecule has 0 fully saturated rings. The zero-order valence-corrected chi connectivity index (χ0v) is 11.8. The topological polar surface area (TPSA) is 102 Å². The average molecular weight is 303 g/mol. The number of carbonyl (C=O) groups is 1. The van der Waals surface area contributed by atoms with E-state index in [1.807, 2.05) is 0 Å². The predicted octanol–water partition coefficient (Wildman–Crippen LogP) is 1.38. The summed E-state index contributed by atoms with van der Waals surface area (Å²) in [5.74, 6) is -0.602. The zero-order chi connectivity index (χ0) is 15.3. The van der Waals surface area contributed by atoms with E-state index in [4.69, 9.17) is 16.3 Å². The molecule has 20 heavy (non-hydrogen) atoms. The summed E-state index contributed by atoms with van der Waals surface area (Å²) in [7, 11) is 1.42. The van der Waals surface area contributed by atoms with Crippen LogP contribution in [0.4, 0.5) is 5.69 Å². The summed E-state index contributed by atoms with van der Waals surface area (Å²) in [5.41, 5.74) is -1.49. The van der Waals surface area contributed by atoms with E-state index in [9.17, 15) is 20.0 Å². The number of methoxy groups -OCH3 is 1. The van der Waals surface area contributed by atoms with E-state index in [1.54, 1.807) is 0 Å². The highest BCUT2D eigenvalue weighted by Crippen LogP contribution is 2.22. The monoisotopic (exact) mass is 302 g/mol. The van der Waals surface area contributed by atoms with Gasteiger partial charge in [0.05, 0.1) is 22.1 Å². The molecule has 0 saturated carbocycles. The summed E-state index contributed by atoms with van der Waals surface area (Å²) in [5, 5.41) is 23.1. The Morgan fingerprint density at radius 3 is 2.80 bits per heavy atom. The fourth-order valence-corrected chi connectivity index (χ4v) is 1.73. The van der Waals surface area contributed by atoms with Crippen molar-refractivity contribution in [3.63, 3.8) is 0 Å². The molecule has 1 aromatic rings. The SMILES string of the molecule is COCC(C)(O)CNC(=O)c1cc([N+](=O)[O-])ccc1Cl. The van der Waals surface area contributed by atoms with Gasteiger partial charge in [-0.2, -0.15) is 0 Å². The number of carbonyl (C=O) groups excluding carboxylic acids is 1. The second kappa shape index (κ2) is 6.65. The smallest absolute Gasteiger partial charge is 0.270 e. The fraction of sp³-hybridized carbons (Fsp3) is 0.417. The second-order valence-electron chi connectivity index (χ2n) is 4.53. The number of hydrogen-bond acceptors (Lipinski definition) is 5. The number of aliphatic hydroxyl groups is 1. The molecule has 0 heterocycles. The standard InChI is InChI=1S/C12H15ClN2O5/c1-12(17,7-20-2)6-14-11(16)9-5-8(15(18)19)3-4-10(9)13/h3-5,17H,6-7H2,1-2H3,(H,14,16). The lowest BCUT2D eigenvalue weighted by atomic mass is 10.1. The molecule has 1 atom stereocenters. The normalized spacial score (nSPS) is 13.6. The van der Waals surface area contributed by atoms with Crippen molar-refractivity contribution >= 4 is 23.2 Å². The summed E-state index contributed by atoms with van der Waals surface area (Å²) in [6, 6.07) is 3.57. The molecule has 8 heteroatoms. The quantitative estimate of drug-likeness (QED) is 0.610. The van der Waals surface area contributed by atoms with Crippen LogP contribution in [0.25, 0.3) is 0 Å². The van der Waals surface area contributed by atoms with Crippen molar-refractivity contribution in [1.82, 2.24) is 5.32 Å². The Balaban J connectivity index is 2.82. The summed E-state index contributed by atoms with van der Waals surface area (Å²) in [4.78, 5) is 22.0. The molecule has 0 aliphatic rings.